The molecule has 0 aliphatic heterocycles. The lowest BCUT2D eigenvalue weighted by Gasteiger charge is -2.08. The fraction of sp³-hybridized carbons (Fsp3) is 0.0833. The van der Waals surface area contributed by atoms with Crippen LogP contribution in [0.3, 0.4) is 0 Å². The number of nitrogens with zero attached hydrogens (tertiary/aromatic N) is 3. The maximum atomic E-state index is 13.7. The van der Waals surface area contributed by atoms with E-state index in [0.717, 1.165) is 4.47 Å². The lowest BCUT2D eigenvalue weighted by molar-refractivity contribution is 0.612. The normalized spacial score (nSPS) is 10.9. The van der Waals surface area contributed by atoms with Gasteiger partial charge in [-0.3, -0.25) is 0 Å². The Morgan fingerprint density at radius 2 is 2.20 bits per heavy atom. The summed E-state index contributed by atoms with van der Waals surface area (Å²) >= 11 is 9.13. The van der Waals surface area contributed by atoms with Gasteiger partial charge in [-0.1, -0.05) is 15.9 Å². The number of rotatable bonds is 3. The Bertz CT molecular complexity index is 776. The first kappa shape index (κ1) is 13.3. The molecule has 0 radical (unpaired) electrons. The lowest BCUT2D eigenvalue weighted by Crippen LogP contribution is -2.05. The standard InChI is InChI=1S/C12H8BrClFN5/c13-7-1-2-8(15)6(3-7)4-16-10-9-11(18-5-17-9)20-12(14)19-10/h1-3,5H,4H2,(H2,16,17,18,19,20). The molecule has 3 rings (SSSR count). The van der Waals surface area contributed by atoms with Gasteiger partial charge in [-0.15, -0.1) is 0 Å². The predicted molar refractivity (Wildman–Crippen MR) is 78.1 cm³/mol. The molecule has 0 spiro atoms. The second-order valence-electron chi connectivity index (χ2n) is 4.03. The van der Waals surface area contributed by atoms with Crippen molar-refractivity contribution in [3.05, 3.63) is 45.7 Å². The van der Waals surface area contributed by atoms with Crippen LogP contribution in [0.4, 0.5) is 10.2 Å². The van der Waals surface area contributed by atoms with E-state index >= 15 is 0 Å². The molecule has 2 aromatic heterocycles. The smallest absolute Gasteiger partial charge is 0.226 e. The van der Waals surface area contributed by atoms with Gasteiger partial charge in [0.1, 0.15) is 11.3 Å². The highest BCUT2D eigenvalue weighted by Gasteiger charge is 2.10. The van der Waals surface area contributed by atoms with Crippen LogP contribution in [0.15, 0.2) is 29.0 Å². The molecule has 0 amide bonds. The van der Waals surface area contributed by atoms with Crippen molar-refractivity contribution in [3.8, 4) is 0 Å². The molecule has 0 unspecified atom stereocenters. The number of aromatic nitrogens is 4. The summed E-state index contributed by atoms with van der Waals surface area (Å²) in [6.07, 6.45) is 1.50. The minimum Gasteiger partial charge on any atom is -0.364 e. The summed E-state index contributed by atoms with van der Waals surface area (Å²) in [6, 6.07) is 4.75. The zero-order valence-corrected chi connectivity index (χ0v) is 12.3. The van der Waals surface area contributed by atoms with E-state index in [2.05, 4.69) is 41.2 Å². The van der Waals surface area contributed by atoms with Gasteiger partial charge < -0.3 is 10.3 Å². The number of imidazole rings is 1. The van der Waals surface area contributed by atoms with Crippen LogP contribution < -0.4 is 5.32 Å². The molecule has 2 N–H and O–H groups in total. The minimum absolute atomic E-state index is 0.0850. The average Bonchev–Trinajstić information content (AvgIpc) is 2.87. The van der Waals surface area contributed by atoms with Gasteiger partial charge in [0.25, 0.3) is 0 Å². The summed E-state index contributed by atoms with van der Waals surface area (Å²) in [7, 11) is 0. The van der Waals surface area contributed by atoms with E-state index in [9.17, 15) is 4.39 Å². The summed E-state index contributed by atoms with van der Waals surface area (Å²) < 4.78 is 14.5. The van der Waals surface area contributed by atoms with E-state index < -0.39 is 0 Å². The van der Waals surface area contributed by atoms with Gasteiger partial charge >= 0.3 is 0 Å². The predicted octanol–water partition coefficient (Wildman–Crippen LogP) is 3.52. The molecule has 20 heavy (non-hydrogen) atoms. The highest BCUT2D eigenvalue weighted by Crippen LogP contribution is 2.21. The van der Waals surface area contributed by atoms with Crippen LogP contribution in [0, 0.1) is 5.82 Å². The van der Waals surface area contributed by atoms with Crippen molar-refractivity contribution in [1.29, 1.82) is 0 Å². The largest absolute Gasteiger partial charge is 0.364 e. The summed E-state index contributed by atoms with van der Waals surface area (Å²) in [5, 5.41) is 3.12. The fourth-order valence-corrected chi connectivity index (χ4v) is 2.37. The molecule has 5 nitrogen and oxygen atoms in total. The first-order valence-electron chi connectivity index (χ1n) is 5.68. The zero-order chi connectivity index (χ0) is 14.1. The fourth-order valence-electron chi connectivity index (χ4n) is 1.79. The van der Waals surface area contributed by atoms with E-state index in [0.29, 0.717) is 22.5 Å². The van der Waals surface area contributed by atoms with Crippen LogP contribution in [-0.4, -0.2) is 19.9 Å². The third kappa shape index (κ3) is 2.59. The number of aromatic amines is 1. The van der Waals surface area contributed by atoms with Crippen molar-refractivity contribution in [2.75, 3.05) is 5.32 Å². The van der Waals surface area contributed by atoms with Crippen molar-refractivity contribution in [1.82, 2.24) is 19.9 Å². The van der Waals surface area contributed by atoms with E-state index in [-0.39, 0.29) is 17.6 Å². The molecule has 2 heterocycles. The Kier molecular flexibility index (Phi) is 3.54. The first-order chi connectivity index (χ1) is 9.63. The van der Waals surface area contributed by atoms with Crippen LogP contribution in [0.1, 0.15) is 5.56 Å². The van der Waals surface area contributed by atoms with E-state index in [1.165, 1.54) is 12.4 Å². The Morgan fingerprint density at radius 1 is 1.35 bits per heavy atom. The van der Waals surface area contributed by atoms with Crippen LogP contribution >= 0.6 is 27.5 Å². The van der Waals surface area contributed by atoms with Gasteiger partial charge in [0.2, 0.25) is 5.28 Å². The second-order valence-corrected chi connectivity index (χ2v) is 5.29. The van der Waals surface area contributed by atoms with Gasteiger partial charge in [-0.25, -0.2) is 9.37 Å². The number of nitrogens with one attached hydrogen (secondary N) is 2. The Morgan fingerprint density at radius 3 is 3.05 bits per heavy atom. The highest BCUT2D eigenvalue weighted by molar-refractivity contribution is 9.10. The molecule has 102 valence electrons. The summed E-state index contributed by atoms with van der Waals surface area (Å²) in [5.41, 5.74) is 1.61. The van der Waals surface area contributed by atoms with Crippen molar-refractivity contribution >= 4 is 44.5 Å². The molecule has 0 atom stereocenters. The SMILES string of the molecule is Fc1ccc(Br)cc1CNc1nc(Cl)nc2nc[nH]c12. The quantitative estimate of drug-likeness (QED) is 0.705. The second kappa shape index (κ2) is 5.34. The van der Waals surface area contributed by atoms with Crippen LogP contribution in [-0.2, 0) is 6.54 Å². The third-order valence-electron chi connectivity index (χ3n) is 2.71. The highest BCUT2D eigenvalue weighted by atomic mass is 79.9. The number of hydrogen-bond acceptors (Lipinski definition) is 4. The number of anilines is 1. The maximum Gasteiger partial charge on any atom is 0.226 e. The van der Waals surface area contributed by atoms with E-state index in [1.54, 1.807) is 12.1 Å². The van der Waals surface area contributed by atoms with Crippen LogP contribution in [0.5, 0.6) is 0 Å². The van der Waals surface area contributed by atoms with Gasteiger partial charge in [-0.05, 0) is 29.8 Å². The molecule has 1 aromatic carbocycles. The monoisotopic (exact) mass is 355 g/mol. The Labute approximate surface area is 126 Å². The van der Waals surface area contributed by atoms with Crippen molar-refractivity contribution in [2.45, 2.75) is 6.54 Å². The molecule has 0 fully saturated rings. The number of benzene rings is 1. The molecule has 0 bridgehead atoms. The Hall–Kier alpha value is -1.73. The number of H-pyrrole nitrogens is 1. The van der Waals surface area contributed by atoms with Crippen LogP contribution in [0.2, 0.25) is 5.28 Å². The first-order valence-corrected chi connectivity index (χ1v) is 6.85. The van der Waals surface area contributed by atoms with Crippen molar-refractivity contribution < 1.29 is 4.39 Å². The third-order valence-corrected chi connectivity index (χ3v) is 3.37. The molecule has 0 aliphatic carbocycles. The van der Waals surface area contributed by atoms with Gasteiger partial charge in [-0.2, -0.15) is 9.97 Å². The van der Waals surface area contributed by atoms with Crippen molar-refractivity contribution in [2.24, 2.45) is 0 Å². The van der Waals surface area contributed by atoms with Gasteiger partial charge in [0.15, 0.2) is 11.5 Å². The van der Waals surface area contributed by atoms with E-state index in [4.69, 9.17) is 11.6 Å². The molecular formula is C12H8BrClFN5. The number of halogens is 3. The molecule has 0 saturated heterocycles. The number of hydrogen-bond donors (Lipinski definition) is 2. The average molecular weight is 357 g/mol. The van der Waals surface area contributed by atoms with Crippen LogP contribution in [0.25, 0.3) is 11.2 Å². The minimum atomic E-state index is -0.290. The summed E-state index contributed by atoms with van der Waals surface area (Å²) in [4.78, 5) is 15.0. The molecule has 3 aromatic rings. The maximum absolute atomic E-state index is 13.7. The molecule has 0 saturated carbocycles. The Balaban J connectivity index is 1.90. The zero-order valence-electron chi connectivity index (χ0n) is 9.99. The molecule has 8 heteroatoms. The summed E-state index contributed by atoms with van der Waals surface area (Å²) in [6.45, 7) is 0.271. The van der Waals surface area contributed by atoms with E-state index in [1.807, 2.05) is 0 Å². The number of fused-ring (bicyclic) bond motifs is 1. The van der Waals surface area contributed by atoms with Gasteiger partial charge in [0, 0.05) is 16.6 Å². The van der Waals surface area contributed by atoms with Crippen molar-refractivity contribution in [3.63, 3.8) is 0 Å². The van der Waals surface area contributed by atoms with Gasteiger partial charge in [0.05, 0.1) is 6.33 Å². The molecular weight excluding hydrogens is 349 g/mol. The molecule has 0 aliphatic rings. The lowest BCUT2D eigenvalue weighted by atomic mass is 10.2. The topological polar surface area (TPSA) is 66.5 Å². The summed E-state index contributed by atoms with van der Waals surface area (Å²) in [5.74, 6) is 0.193.